The molecule has 0 atom stereocenters. The predicted molar refractivity (Wildman–Crippen MR) is 135 cm³/mol. The summed E-state index contributed by atoms with van der Waals surface area (Å²) in [6.07, 6.45) is -4.65. The Morgan fingerprint density at radius 2 is 1.64 bits per heavy atom. The summed E-state index contributed by atoms with van der Waals surface area (Å²) in [6, 6.07) is 7.87. The van der Waals surface area contributed by atoms with Gasteiger partial charge in [0.25, 0.3) is 5.56 Å². The molecule has 2 aromatic heterocycles. The SMILES string of the molecule is Cc1cc(C)c(NC(=O)Cn2c(=O)n(-c3cccc(C(F)(F)F)c3)c(=O)c3c(C)c(C)sc32)c(C)c1. The van der Waals surface area contributed by atoms with Gasteiger partial charge in [0.05, 0.1) is 16.6 Å². The number of alkyl halides is 3. The Balaban J connectivity index is 1.89. The Labute approximate surface area is 208 Å². The molecule has 1 N–H and O–H groups in total. The number of aromatic nitrogens is 2. The maximum Gasteiger partial charge on any atom is 0.416 e. The second-order valence-electron chi connectivity index (χ2n) is 8.84. The van der Waals surface area contributed by atoms with Crippen molar-refractivity contribution in [3.63, 3.8) is 0 Å². The van der Waals surface area contributed by atoms with E-state index in [9.17, 15) is 27.6 Å². The van der Waals surface area contributed by atoms with Crippen molar-refractivity contribution in [3.05, 3.63) is 89.9 Å². The van der Waals surface area contributed by atoms with E-state index in [0.717, 1.165) is 44.3 Å². The fraction of sp³-hybridized carbons (Fsp3) is 0.269. The smallest absolute Gasteiger partial charge is 0.324 e. The van der Waals surface area contributed by atoms with Gasteiger partial charge in [0, 0.05) is 10.6 Å². The van der Waals surface area contributed by atoms with Crippen LogP contribution in [0.15, 0.2) is 46.0 Å². The Kier molecular flexibility index (Phi) is 6.42. The van der Waals surface area contributed by atoms with Crippen LogP contribution in [-0.4, -0.2) is 15.0 Å². The quantitative estimate of drug-likeness (QED) is 0.395. The number of halogens is 3. The summed E-state index contributed by atoms with van der Waals surface area (Å²) < 4.78 is 41.8. The molecule has 0 fully saturated rings. The molecule has 0 spiro atoms. The highest BCUT2D eigenvalue weighted by Gasteiger charge is 2.31. The number of anilines is 1. The first kappa shape index (κ1) is 25.4. The number of carbonyl (C=O) groups excluding carboxylic acids is 1. The average Bonchev–Trinajstić information content (AvgIpc) is 3.08. The van der Waals surface area contributed by atoms with Crippen LogP contribution < -0.4 is 16.6 Å². The lowest BCUT2D eigenvalue weighted by Gasteiger charge is -2.16. The topological polar surface area (TPSA) is 73.1 Å². The highest BCUT2D eigenvalue weighted by atomic mass is 32.1. The molecular weight excluding hydrogens is 491 g/mol. The van der Waals surface area contributed by atoms with Crippen molar-refractivity contribution in [2.24, 2.45) is 0 Å². The molecule has 2 aromatic carbocycles. The fourth-order valence-corrected chi connectivity index (χ4v) is 5.49. The molecule has 0 aliphatic rings. The van der Waals surface area contributed by atoms with Crippen LogP contribution in [0.1, 0.15) is 32.7 Å². The van der Waals surface area contributed by atoms with Gasteiger partial charge in [0.2, 0.25) is 5.91 Å². The van der Waals surface area contributed by atoms with Gasteiger partial charge in [-0.1, -0.05) is 23.8 Å². The number of nitrogens with zero attached hydrogens (tertiary/aromatic N) is 2. The maximum atomic E-state index is 13.5. The molecule has 1 amide bonds. The summed E-state index contributed by atoms with van der Waals surface area (Å²) in [7, 11) is 0. The summed E-state index contributed by atoms with van der Waals surface area (Å²) in [5.74, 6) is -0.494. The van der Waals surface area contributed by atoms with Crippen LogP contribution in [0.5, 0.6) is 0 Å². The number of benzene rings is 2. The molecule has 0 unspecified atom stereocenters. The molecule has 10 heteroatoms. The summed E-state index contributed by atoms with van der Waals surface area (Å²) in [6.45, 7) is 8.74. The van der Waals surface area contributed by atoms with E-state index in [0.29, 0.717) is 20.6 Å². The van der Waals surface area contributed by atoms with E-state index in [4.69, 9.17) is 0 Å². The maximum absolute atomic E-state index is 13.5. The first-order valence-corrected chi connectivity index (χ1v) is 11.9. The number of hydrogen-bond donors (Lipinski definition) is 1. The summed E-state index contributed by atoms with van der Waals surface area (Å²) in [5, 5.41) is 3.04. The van der Waals surface area contributed by atoms with Crippen molar-refractivity contribution in [1.82, 2.24) is 9.13 Å². The van der Waals surface area contributed by atoms with Crippen molar-refractivity contribution in [1.29, 1.82) is 0 Å². The van der Waals surface area contributed by atoms with Crippen LogP contribution >= 0.6 is 11.3 Å². The Morgan fingerprint density at radius 3 is 2.25 bits per heavy atom. The van der Waals surface area contributed by atoms with Crippen LogP contribution in [0.4, 0.5) is 18.9 Å². The predicted octanol–water partition coefficient (Wildman–Crippen LogP) is 5.41. The average molecular weight is 516 g/mol. The van der Waals surface area contributed by atoms with Crippen molar-refractivity contribution in [3.8, 4) is 5.69 Å². The summed E-state index contributed by atoms with van der Waals surface area (Å²) in [4.78, 5) is 41.0. The Hall–Kier alpha value is -3.66. The van der Waals surface area contributed by atoms with Gasteiger partial charge < -0.3 is 5.32 Å². The minimum atomic E-state index is -4.65. The van der Waals surface area contributed by atoms with Gasteiger partial charge in [-0.25, -0.2) is 9.36 Å². The fourth-order valence-electron chi connectivity index (χ4n) is 4.35. The van der Waals surface area contributed by atoms with Crippen LogP contribution in [0.3, 0.4) is 0 Å². The molecule has 36 heavy (non-hydrogen) atoms. The zero-order valence-corrected chi connectivity index (χ0v) is 21.1. The van der Waals surface area contributed by atoms with Gasteiger partial charge >= 0.3 is 11.9 Å². The number of hydrogen-bond acceptors (Lipinski definition) is 4. The van der Waals surface area contributed by atoms with Gasteiger partial charge in [0.15, 0.2) is 0 Å². The zero-order valence-electron chi connectivity index (χ0n) is 20.3. The lowest BCUT2D eigenvalue weighted by Crippen LogP contribution is -2.40. The molecular formula is C26H24F3N3O3S. The van der Waals surface area contributed by atoms with Crippen LogP contribution in [0.2, 0.25) is 0 Å². The molecule has 4 aromatic rings. The molecule has 0 bridgehead atoms. The third-order valence-corrected chi connectivity index (χ3v) is 7.36. The molecule has 0 saturated heterocycles. The highest BCUT2D eigenvalue weighted by molar-refractivity contribution is 7.18. The third kappa shape index (κ3) is 4.48. The Morgan fingerprint density at radius 1 is 1.00 bits per heavy atom. The minimum absolute atomic E-state index is 0.199. The first-order chi connectivity index (χ1) is 16.8. The molecule has 0 aliphatic heterocycles. The second-order valence-corrected chi connectivity index (χ2v) is 10.0. The zero-order chi connectivity index (χ0) is 26.5. The van der Waals surface area contributed by atoms with E-state index >= 15 is 0 Å². The highest BCUT2D eigenvalue weighted by Crippen LogP contribution is 2.31. The number of rotatable bonds is 4. The normalized spacial score (nSPS) is 11.8. The number of fused-ring (bicyclic) bond motifs is 1. The van der Waals surface area contributed by atoms with Crippen molar-refractivity contribution >= 4 is 33.1 Å². The van der Waals surface area contributed by atoms with Crippen molar-refractivity contribution in [2.45, 2.75) is 47.3 Å². The number of amides is 1. The van der Waals surface area contributed by atoms with Gasteiger partial charge in [-0.15, -0.1) is 11.3 Å². The molecule has 6 nitrogen and oxygen atoms in total. The number of thiophene rings is 1. The lowest BCUT2D eigenvalue weighted by atomic mass is 10.1. The van der Waals surface area contributed by atoms with E-state index in [1.165, 1.54) is 17.4 Å². The number of carbonyl (C=O) groups is 1. The van der Waals surface area contributed by atoms with Crippen LogP contribution in [0.25, 0.3) is 15.9 Å². The molecule has 4 rings (SSSR count). The van der Waals surface area contributed by atoms with E-state index in [1.807, 2.05) is 32.9 Å². The molecule has 188 valence electrons. The van der Waals surface area contributed by atoms with E-state index in [1.54, 1.807) is 13.8 Å². The van der Waals surface area contributed by atoms with Crippen molar-refractivity contribution in [2.75, 3.05) is 5.32 Å². The molecule has 0 aliphatic carbocycles. The first-order valence-electron chi connectivity index (χ1n) is 11.1. The van der Waals surface area contributed by atoms with E-state index in [2.05, 4.69) is 5.32 Å². The lowest BCUT2D eigenvalue weighted by molar-refractivity contribution is -0.137. The molecule has 2 heterocycles. The third-order valence-electron chi connectivity index (χ3n) is 6.13. The minimum Gasteiger partial charge on any atom is -0.324 e. The van der Waals surface area contributed by atoms with Crippen LogP contribution in [-0.2, 0) is 17.5 Å². The Bertz CT molecular complexity index is 1620. The summed E-state index contributed by atoms with van der Waals surface area (Å²) in [5.41, 5.74) is 1.17. The van der Waals surface area contributed by atoms with Gasteiger partial charge in [0.1, 0.15) is 11.4 Å². The standard InChI is InChI=1S/C26H24F3N3O3S/c1-13-9-14(2)22(15(3)10-13)30-20(33)12-31-24-21(16(4)17(5)36-24)23(34)32(25(31)35)19-8-6-7-18(11-19)26(27,28)29/h6-11H,12H2,1-5H3,(H,30,33). The van der Waals surface area contributed by atoms with Gasteiger partial charge in [-0.3, -0.25) is 14.2 Å². The largest absolute Gasteiger partial charge is 0.416 e. The summed E-state index contributed by atoms with van der Waals surface area (Å²) >= 11 is 1.19. The molecule has 0 radical (unpaired) electrons. The van der Waals surface area contributed by atoms with Crippen LogP contribution in [0, 0.1) is 34.6 Å². The van der Waals surface area contributed by atoms with Gasteiger partial charge in [-0.2, -0.15) is 13.2 Å². The second kappa shape index (κ2) is 9.09. The number of aryl methyl sites for hydroxylation is 5. The van der Waals surface area contributed by atoms with E-state index in [-0.39, 0.29) is 11.1 Å². The monoisotopic (exact) mass is 515 g/mol. The van der Waals surface area contributed by atoms with Crippen molar-refractivity contribution < 1.29 is 18.0 Å². The molecule has 0 saturated carbocycles. The number of nitrogens with one attached hydrogen (secondary N) is 1. The van der Waals surface area contributed by atoms with Gasteiger partial charge in [-0.05, 0) is 69.5 Å². The van der Waals surface area contributed by atoms with E-state index < -0.39 is 35.4 Å².